The predicted molar refractivity (Wildman–Crippen MR) is 59.8 cm³/mol. The first kappa shape index (κ1) is 10.4. The maximum absolute atomic E-state index is 10.9. The summed E-state index contributed by atoms with van der Waals surface area (Å²) in [6.07, 6.45) is 4.65. The van der Waals surface area contributed by atoms with Gasteiger partial charge in [-0.1, -0.05) is 12.2 Å². The zero-order valence-corrected chi connectivity index (χ0v) is 8.50. The van der Waals surface area contributed by atoms with Gasteiger partial charge in [-0.05, 0) is 6.07 Å². The molecule has 0 aromatic heterocycles. The Bertz CT molecular complexity index is 460. The minimum atomic E-state index is -0.501. The number of nitro benzene ring substituents is 1. The van der Waals surface area contributed by atoms with Crippen LogP contribution in [0.25, 0.3) is 0 Å². The fraction of sp³-hybridized carbons (Fsp3) is 0.182. The summed E-state index contributed by atoms with van der Waals surface area (Å²) in [4.78, 5) is 22.9. The first-order chi connectivity index (χ1) is 7.72. The van der Waals surface area contributed by atoms with Gasteiger partial charge in [0.25, 0.3) is 5.69 Å². The average Bonchev–Trinajstić information content (AvgIpc) is 2.81. The molecule has 1 aromatic rings. The molecule has 0 unspecified atom stereocenters. The summed E-state index contributed by atoms with van der Waals surface area (Å²) >= 11 is 0. The van der Waals surface area contributed by atoms with Crippen LogP contribution in [-0.4, -0.2) is 24.3 Å². The number of hydrogen-bond acceptors (Lipinski definition) is 4. The van der Waals surface area contributed by atoms with E-state index < -0.39 is 4.92 Å². The summed E-state index contributed by atoms with van der Waals surface area (Å²) in [6, 6.07) is 4.34. The molecule has 82 valence electrons. The molecule has 0 N–H and O–H groups in total. The monoisotopic (exact) mass is 218 g/mol. The van der Waals surface area contributed by atoms with Crippen LogP contribution in [0.1, 0.15) is 10.4 Å². The minimum absolute atomic E-state index is 0.0574. The molecule has 0 saturated carbocycles. The zero-order chi connectivity index (χ0) is 11.5. The van der Waals surface area contributed by atoms with Gasteiger partial charge in [0.1, 0.15) is 0 Å². The van der Waals surface area contributed by atoms with Crippen LogP contribution >= 0.6 is 0 Å². The molecule has 0 fully saturated rings. The van der Waals surface area contributed by atoms with Crippen molar-refractivity contribution in [3.63, 3.8) is 0 Å². The Morgan fingerprint density at radius 3 is 2.56 bits per heavy atom. The maximum Gasteiger partial charge on any atom is 0.270 e. The smallest absolute Gasteiger partial charge is 0.270 e. The van der Waals surface area contributed by atoms with E-state index in [-0.39, 0.29) is 5.69 Å². The molecule has 5 nitrogen and oxygen atoms in total. The lowest BCUT2D eigenvalue weighted by Crippen LogP contribution is -2.20. The van der Waals surface area contributed by atoms with E-state index in [9.17, 15) is 14.9 Å². The van der Waals surface area contributed by atoms with E-state index in [2.05, 4.69) is 0 Å². The van der Waals surface area contributed by atoms with Crippen LogP contribution in [0.5, 0.6) is 0 Å². The van der Waals surface area contributed by atoms with Crippen molar-refractivity contribution in [2.24, 2.45) is 0 Å². The molecule has 0 atom stereocenters. The van der Waals surface area contributed by atoms with Crippen LogP contribution in [0.2, 0.25) is 0 Å². The summed E-state index contributed by atoms with van der Waals surface area (Å²) in [6.45, 7) is 1.47. The molecule has 0 saturated heterocycles. The van der Waals surface area contributed by atoms with Crippen molar-refractivity contribution in [2.45, 2.75) is 0 Å². The number of carbonyl (C=O) groups is 1. The molecule has 0 amide bonds. The molecule has 5 heteroatoms. The molecule has 2 rings (SSSR count). The Labute approximate surface area is 92.1 Å². The van der Waals surface area contributed by atoms with Crippen molar-refractivity contribution in [2.75, 3.05) is 18.0 Å². The fourth-order valence-corrected chi connectivity index (χ4v) is 1.71. The second-order valence-corrected chi connectivity index (χ2v) is 3.49. The van der Waals surface area contributed by atoms with E-state index in [0.717, 1.165) is 18.8 Å². The summed E-state index contributed by atoms with van der Waals surface area (Å²) in [5.41, 5.74) is 1.04. The zero-order valence-electron chi connectivity index (χ0n) is 8.50. The average molecular weight is 218 g/mol. The van der Waals surface area contributed by atoms with E-state index in [1.54, 1.807) is 6.07 Å². The first-order valence-electron chi connectivity index (χ1n) is 4.86. The molecular formula is C11H10N2O3. The van der Waals surface area contributed by atoms with Gasteiger partial charge < -0.3 is 4.90 Å². The summed E-state index contributed by atoms with van der Waals surface area (Å²) in [5.74, 6) is 0. The second kappa shape index (κ2) is 4.14. The number of carbonyl (C=O) groups excluding carboxylic acids is 1. The second-order valence-electron chi connectivity index (χ2n) is 3.49. The van der Waals surface area contributed by atoms with E-state index in [1.807, 2.05) is 17.1 Å². The lowest BCUT2D eigenvalue weighted by atomic mass is 10.1. The van der Waals surface area contributed by atoms with Gasteiger partial charge in [0.2, 0.25) is 0 Å². The standard InChI is InChI=1S/C11H10N2O3/c14-8-9-7-10(13(15)16)3-4-11(9)12-5-1-2-6-12/h1-4,7-8H,5-6H2. The molecular weight excluding hydrogens is 208 g/mol. The normalized spacial score (nSPS) is 14.1. The van der Waals surface area contributed by atoms with E-state index in [1.165, 1.54) is 12.1 Å². The summed E-state index contributed by atoms with van der Waals surface area (Å²) in [5, 5.41) is 10.6. The van der Waals surface area contributed by atoms with Gasteiger partial charge in [0.15, 0.2) is 6.29 Å². The van der Waals surface area contributed by atoms with Crippen molar-refractivity contribution >= 4 is 17.7 Å². The fourth-order valence-electron chi connectivity index (χ4n) is 1.71. The highest BCUT2D eigenvalue weighted by Crippen LogP contribution is 2.25. The minimum Gasteiger partial charge on any atom is -0.364 e. The molecule has 1 aliphatic rings. The van der Waals surface area contributed by atoms with E-state index >= 15 is 0 Å². The summed E-state index contributed by atoms with van der Waals surface area (Å²) in [7, 11) is 0. The molecule has 0 aliphatic carbocycles. The van der Waals surface area contributed by atoms with E-state index in [0.29, 0.717) is 11.8 Å². The Morgan fingerprint density at radius 1 is 1.31 bits per heavy atom. The van der Waals surface area contributed by atoms with Crippen LogP contribution in [0, 0.1) is 10.1 Å². The van der Waals surface area contributed by atoms with Crippen molar-refractivity contribution in [1.29, 1.82) is 0 Å². The third-order valence-electron chi connectivity index (χ3n) is 2.51. The predicted octanol–water partition coefficient (Wildman–Crippen LogP) is 1.78. The largest absolute Gasteiger partial charge is 0.364 e. The SMILES string of the molecule is O=Cc1cc([N+](=O)[O-])ccc1N1CC=CC1. The van der Waals surface area contributed by atoms with Crippen molar-refractivity contribution in [1.82, 2.24) is 0 Å². The third-order valence-corrected chi connectivity index (χ3v) is 2.51. The molecule has 0 spiro atoms. The van der Waals surface area contributed by atoms with Crippen LogP contribution in [0.15, 0.2) is 30.4 Å². The van der Waals surface area contributed by atoms with Crippen LogP contribution in [-0.2, 0) is 0 Å². The topological polar surface area (TPSA) is 63.4 Å². The summed E-state index contributed by atoms with van der Waals surface area (Å²) < 4.78 is 0. The van der Waals surface area contributed by atoms with E-state index in [4.69, 9.17) is 0 Å². The Hall–Kier alpha value is -2.17. The number of nitro groups is 1. The molecule has 1 aliphatic heterocycles. The van der Waals surface area contributed by atoms with Gasteiger partial charge >= 0.3 is 0 Å². The number of nitrogens with zero attached hydrogens (tertiary/aromatic N) is 2. The number of hydrogen-bond donors (Lipinski definition) is 0. The lowest BCUT2D eigenvalue weighted by Gasteiger charge is -2.19. The number of anilines is 1. The quantitative estimate of drug-likeness (QED) is 0.336. The van der Waals surface area contributed by atoms with Crippen LogP contribution in [0.4, 0.5) is 11.4 Å². The number of non-ortho nitro benzene ring substituents is 1. The van der Waals surface area contributed by atoms with Crippen LogP contribution in [0.3, 0.4) is 0 Å². The number of aldehydes is 1. The van der Waals surface area contributed by atoms with Gasteiger partial charge in [0, 0.05) is 36.5 Å². The van der Waals surface area contributed by atoms with Gasteiger partial charge in [-0.25, -0.2) is 0 Å². The lowest BCUT2D eigenvalue weighted by molar-refractivity contribution is -0.384. The van der Waals surface area contributed by atoms with Gasteiger partial charge in [-0.3, -0.25) is 14.9 Å². The molecule has 0 bridgehead atoms. The number of rotatable bonds is 3. The Morgan fingerprint density at radius 2 is 2.00 bits per heavy atom. The molecule has 1 aromatic carbocycles. The first-order valence-corrected chi connectivity index (χ1v) is 4.86. The highest BCUT2D eigenvalue weighted by Gasteiger charge is 2.15. The van der Waals surface area contributed by atoms with Crippen molar-refractivity contribution in [3.05, 3.63) is 46.0 Å². The Kier molecular flexibility index (Phi) is 2.68. The van der Waals surface area contributed by atoms with Crippen LogP contribution < -0.4 is 4.90 Å². The van der Waals surface area contributed by atoms with Gasteiger partial charge in [-0.2, -0.15) is 0 Å². The van der Waals surface area contributed by atoms with Crippen molar-refractivity contribution in [3.8, 4) is 0 Å². The Balaban J connectivity index is 2.38. The van der Waals surface area contributed by atoms with Gasteiger partial charge in [0.05, 0.1) is 4.92 Å². The highest BCUT2D eigenvalue weighted by molar-refractivity contribution is 5.86. The molecule has 1 heterocycles. The maximum atomic E-state index is 10.9. The highest BCUT2D eigenvalue weighted by atomic mass is 16.6. The third kappa shape index (κ3) is 1.79. The molecule has 0 radical (unpaired) electrons. The molecule has 16 heavy (non-hydrogen) atoms. The number of benzene rings is 1. The van der Waals surface area contributed by atoms with Crippen molar-refractivity contribution < 1.29 is 9.72 Å². The van der Waals surface area contributed by atoms with Gasteiger partial charge in [-0.15, -0.1) is 0 Å².